The summed E-state index contributed by atoms with van der Waals surface area (Å²) in [6, 6.07) is 10.4. The van der Waals surface area contributed by atoms with E-state index in [0.29, 0.717) is 22.9 Å². The van der Waals surface area contributed by atoms with Gasteiger partial charge >= 0.3 is 0 Å². The van der Waals surface area contributed by atoms with Crippen molar-refractivity contribution in [1.82, 2.24) is 0 Å². The topological polar surface area (TPSA) is 105 Å². The maximum absolute atomic E-state index is 12.1. The first-order chi connectivity index (χ1) is 12.9. The predicted molar refractivity (Wildman–Crippen MR) is 111 cm³/mol. The molecule has 0 saturated heterocycles. The summed E-state index contributed by atoms with van der Waals surface area (Å²) in [6.45, 7) is 0. The lowest BCUT2D eigenvalue weighted by Gasteiger charge is -2.04. The van der Waals surface area contributed by atoms with Crippen molar-refractivity contribution >= 4 is 40.1 Å². The van der Waals surface area contributed by atoms with E-state index in [0.717, 1.165) is 11.1 Å². The standard InChI is InChI=1S/C20H22N2O4S/c1-25-19-7-4-14(11-17(19)21)3-6-16(23)13-27(24)10-9-15-5-8-20(26-2)18(22)12-15/h3-12H,13,21-22H2,1-2H3/b6-3+,10-9+. The van der Waals surface area contributed by atoms with Gasteiger partial charge in [0.15, 0.2) is 5.78 Å². The van der Waals surface area contributed by atoms with E-state index < -0.39 is 10.8 Å². The summed E-state index contributed by atoms with van der Waals surface area (Å²) in [7, 11) is 1.64. The molecule has 1 atom stereocenters. The summed E-state index contributed by atoms with van der Waals surface area (Å²) in [4.78, 5) is 12.0. The van der Waals surface area contributed by atoms with Crippen LogP contribution in [0.5, 0.6) is 11.5 Å². The van der Waals surface area contributed by atoms with Gasteiger partial charge in [0.1, 0.15) is 11.5 Å². The Labute approximate surface area is 160 Å². The molecular formula is C20H22N2O4S. The number of methoxy groups -OCH3 is 2. The third kappa shape index (κ3) is 6.00. The lowest BCUT2D eigenvalue weighted by molar-refractivity contribution is -0.112. The SMILES string of the molecule is COc1ccc(/C=C/C(=O)CS(=O)/C=C/c2ccc(OC)c(N)c2)cc1N. The summed E-state index contributed by atoms with van der Waals surface area (Å²) < 4.78 is 22.2. The van der Waals surface area contributed by atoms with Gasteiger partial charge in [-0.3, -0.25) is 9.00 Å². The number of benzene rings is 2. The Morgan fingerprint density at radius 1 is 0.963 bits per heavy atom. The van der Waals surface area contributed by atoms with Gasteiger partial charge in [-0.05, 0) is 47.5 Å². The average Bonchev–Trinajstić information content (AvgIpc) is 2.65. The van der Waals surface area contributed by atoms with E-state index in [2.05, 4.69) is 0 Å². The molecule has 0 amide bonds. The van der Waals surface area contributed by atoms with Crippen molar-refractivity contribution in [1.29, 1.82) is 0 Å². The molecule has 0 fully saturated rings. The molecule has 7 heteroatoms. The number of ether oxygens (including phenoxy) is 2. The Morgan fingerprint density at radius 2 is 1.48 bits per heavy atom. The molecule has 0 aromatic heterocycles. The summed E-state index contributed by atoms with van der Waals surface area (Å²) in [5.74, 6) is 0.794. The summed E-state index contributed by atoms with van der Waals surface area (Å²) >= 11 is 0. The Bertz CT molecular complexity index is 833. The number of hydrogen-bond donors (Lipinski definition) is 2. The minimum Gasteiger partial charge on any atom is -0.495 e. The molecule has 27 heavy (non-hydrogen) atoms. The molecule has 0 spiro atoms. The first-order valence-electron chi connectivity index (χ1n) is 8.06. The fourth-order valence-electron chi connectivity index (χ4n) is 2.29. The van der Waals surface area contributed by atoms with E-state index in [1.165, 1.54) is 25.7 Å². The Balaban J connectivity index is 1.94. The van der Waals surface area contributed by atoms with Crippen LogP contribution in [0.2, 0.25) is 0 Å². The minimum atomic E-state index is -1.43. The van der Waals surface area contributed by atoms with E-state index >= 15 is 0 Å². The molecule has 1 unspecified atom stereocenters. The normalized spacial score (nSPS) is 12.4. The van der Waals surface area contributed by atoms with Crippen LogP contribution in [0.4, 0.5) is 11.4 Å². The van der Waals surface area contributed by atoms with Crippen molar-refractivity contribution in [2.24, 2.45) is 0 Å². The zero-order chi connectivity index (χ0) is 19.8. The van der Waals surface area contributed by atoms with Crippen LogP contribution in [0.1, 0.15) is 11.1 Å². The maximum Gasteiger partial charge on any atom is 0.168 e. The monoisotopic (exact) mass is 386 g/mol. The second-order valence-electron chi connectivity index (χ2n) is 5.63. The smallest absolute Gasteiger partial charge is 0.168 e. The maximum atomic E-state index is 12.1. The van der Waals surface area contributed by atoms with E-state index in [4.69, 9.17) is 20.9 Å². The fraction of sp³-hybridized carbons (Fsp3) is 0.150. The van der Waals surface area contributed by atoms with Gasteiger partial charge in [-0.25, -0.2) is 0 Å². The molecule has 142 valence electrons. The van der Waals surface area contributed by atoms with Crippen LogP contribution in [0, 0.1) is 0 Å². The molecule has 0 aliphatic carbocycles. The molecule has 2 aromatic rings. The van der Waals surface area contributed by atoms with Crippen LogP contribution < -0.4 is 20.9 Å². The zero-order valence-corrected chi connectivity index (χ0v) is 16.0. The van der Waals surface area contributed by atoms with Crippen molar-refractivity contribution in [3.8, 4) is 11.5 Å². The highest BCUT2D eigenvalue weighted by molar-refractivity contribution is 7.88. The molecule has 0 saturated carbocycles. The molecule has 0 aliphatic rings. The number of allylic oxidation sites excluding steroid dienone is 1. The van der Waals surface area contributed by atoms with Gasteiger partial charge in [0.2, 0.25) is 0 Å². The van der Waals surface area contributed by atoms with Gasteiger partial charge < -0.3 is 20.9 Å². The van der Waals surface area contributed by atoms with E-state index in [1.54, 1.807) is 48.6 Å². The van der Waals surface area contributed by atoms with Gasteiger partial charge in [0.05, 0.1) is 42.1 Å². The molecule has 2 rings (SSSR count). The molecular weight excluding hydrogens is 364 g/mol. The number of nitrogen functional groups attached to an aromatic ring is 2. The van der Waals surface area contributed by atoms with Crippen molar-refractivity contribution in [2.45, 2.75) is 0 Å². The van der Waals surface area contributed by atoms with Crippen molar-refractivity contribution in [2.75, 3.05) is 31.4 Å². The van der Waals surface area contributed by atoms with Gasteiger partial charge in [-0.2, -0.15) is 0 Å². The predicted octanol–water partition coefficient (Wildman–Crippen LogP) is 2.87. The zero-order valence-electron chi connectivity index (χ0n) is 15.2. The number of carbonyl (C=O) groups excluding carboxylic acids is 1. The van der Waals surface area contributed by atoms with Crippen LogP contribution >= 0.6 is 0 Å². The van der Waals surface area contributed by atoms with Crippen molar-refractivity contribution in [3.63, 3.8) is 0 Å². The molecule has 0 bridgehead atoms. The number of hydrogen-bond acceptors (Lipinski definition) is 6. The fourth-order valence-corrected chi connectivity index (χ4v) is 3.07. The van der Waals surface area contributed by atoms with Crippen LogP contribution in [-0.2, 0) is 15.6 Å². The highest BCUT2D eigenvalue weighted by Crippen LogP contribution is 2.23. The first-order valence-corrected chi connectivity index (χ1v) is 9.44. The lowest BCUT2D eigenvalue weighted by atomic mass is 10.1. The van der Waals surface area contributed by atoms with Gasteiger partial charge in [-0.1, -0.05) is 18.2 Å². The average molecular weight is 386 g/mol. The Kier molecular flexibility index (Phi) is 7.19. The molecule has 2 aromatic carbocycles. The minimum absolute atomic E-state index is 0.107. The van der Waals surface area contributed by atoms with Gasteiger partial charge in [-0.15, -0.1) is 0 Å². The second kappa shape index (κ2) is 9.59. The Morgan fingerprint density at radius 3 is 1.96 bits per heavy atom. The number of nitrogens with two attached hydrogens (primary N) is 2. The molecule has 0 radical (unpaired) electrons. The summed E-state index contributed by atoms with van der Waals surface area (Å²) in [5, 5.41) is 1.47. The molecule has 6 nitrogen and oxygen atoms in total. The van der Waals surface area contributed by atoms with Gasteiger partial charge in [0, 0.05) is 5.41 Å². The summed E-state index contributed by atoms with van der Waals surface area (Å²) in [6.07, 6.45) is 4.68. The van der Waals surface area contributed by atoms with Crippen LogP contribution in [0.3, 0.4) is 0 Å². The van der Waals surface area contributed by atoms with E-state index in [1.807, 2.05) is 0 Å². The third-order valence-corrected chi connectivity index (χ3v) is 4.67. The lowest BCUT2D eigenvalue weighted by Crippen LogP contribution is -2.05. The number of carbonyl (C=O) groups is 1. The van der Waals surface area contributed by atoms with Gasteiger partial charge in [0.25, 0.3) is 0 Å². The van der Waals surface area contributed by atoms with Crippen LogP contribution in [0.25, 0.3) is 12.2 Å². The van der Waals surface area contributed by atoms with Crippen LogP contribution in [-0.4, -0.2) is 30.0 Å². The highest BCUT2D eigenvalue weighted by Gasteiger charge is 2.04. The molecule has 0 heterocycles. The molecule has 4 N–H and O–H groups in total. The highest BCUT2D eigenvalue weighted by atomic mass is 32.2. The molecule has 0 aliphatic heterocycles. The largest absolute Gasteiger partial charge is 0.495 e. The summed E-state index contributed by atoms with van der Waals surface area (Å²) in [5.41, 5.74) is 14.2. The third-order valence-electron chi connectivity index (χ3n) is 3.67. The second-order valence-corrected chi connectivity index (χ2v) is 6.95. The quantitative estimate of drug-likeness (QED) is 0.534. The van der Waals surface area contributed by atoms with Crippen molar-refractivity contribution < 1.29 is 18.5 Å². The van der Waals surface area contributed by atoms with Crippen molar-refractivity contribution in [3.05, 3.63) is 59.0 Å². The first kappa shape index (κ1) is 20.3. The number of anilines is 2. The number of ketones is 1. The Hall–Kier alpha value is -3.06. The van der Waals surface area contributed by atoms with Crippen LogP contribution in [0.15, 0.2) is 47.9 Å². The van der Waals surface area contributed by atoms with E-state index in [-0.39, 0.29) is 11.5 Å². The van der Waals surface area contributed by atoms with E-state index in [9.17, 15) is 9.00 Å². The number of rotatable bonds is 8.